The molecule has 134 valence electrons. The number of carbonyl (C=O) groups is 1. The minimum Gasteiger partial charge on any atom is -0.339 e. The van der Waals surface area contributed by atoms with Crippen LogP contribution < -0.4 is 0 Å². The van der Waals surface area contributed by atoms with Crippen LogP contribution in [0.1, 0.15) is 40.6 Å². The summed E-state index contributed by atoms with van der Waals surface area (Å²) in [6.45, 7) is 3.46. The molecule has 1 aliphatic heterocycles. The number of nitrogens with zero attached hydrogens (tertiary/aromatic N) is 6. The lowest BCUT2D eigenvalue weighted by molar-refractivity contribution is 0.0712. The van der Waals surface area contributed by atoms with Gasteiger partial charge in [-0.05, 0) is 31.9 Å². The fraction of sp³-hybridized carbons (Fsp3) is 0.368. The summed E-state index contributed by atoms with van der Waals surface area (Å²) < 4.78 is 3.65. The van der Waals surface area contributed by atoms with Crippen molar-refractivity contribution in [3.63, 3.8) is 0 Å². The van der Waals surface area contributed by atoms with E-state index in [1.165, 1.54) is 0 Å². The number of hydrogen-bond donors (Lipinski definition) is 0. The van der Waals surface area contributed by atoms with E-state index >= 15 is 0 Å². The fourth-order valence-electron chi connectivity index (χ4n) is 3.51. The Labute approximate surface area is 152 Å². The van der Waals surface area contributed by atoms with Gasteiger partial charge in [-0.3, -0.25) is 14.0 Å². The zero-order valence-electron chi connectivity index (χ0n) is 15.0. The summed E-state index contributed by atoms with van der Waals surface area (Å²) in [6, 6.07) is 6.13. The lowest BCUT2D eigenvalue weighted by Crippen LogP contribution is -2.38. The van der Waals surface area contributed by atoms with Crippen molar-refractivity contribution in [2.45, 2.75) is 25.7 Å². The van der Waals surface area contributed by atoms with Crippen LogP contribution in [0.5, 0.6) is 0 Å². The maximum atomic E-state index is 12.5. The van der Waals surface area contributed by atoms with Crippen LogP contribution in [0.3, 0.4) is 0 Å². The molecule has 1 saturated heterocycles. The molecular formula is C19H22N6O. The first kappa shape index (κ1) is 16.5. The number of aromatic nitrogens is 5. The van der Waals surface area contributed by atoms with Gasteiger partial charge >= 0.3 is 0 Å². The highest BCUT2D eigenvalue weighted by Gasteiger charge is 2.26. The Hall–Kier alpha value is -2.96. The molecule has 3 aromatic heterocycles. The molecule has 0 atom stereocenters. The van der Waals surface area contributed by atoms with E-state index in [1.807, 2.05) is 41.8 Å². The molecule has 7 heteroatoms. The van der Waals surface area contributed by atoms with Crippen LogP contribution in [0.15, 0.2) is 43.0 Å². The van der Waals surface area contributed by atoms with Crippen LogP contribution in [-0.4, -0.2) is 48.2 Å². The minimum atomic E-state index is 0.0623. The number of carbonyl (C=O) groups excluding carboxylic acids is 1. The monoisotopic (exact) mass is 350 g/mol. The predicted octanol–water partition coefficient (Wildman–Crippen LogP) is 2.33. The number of imidazole rings is 1. The minimum absolute atomic E-state index is 0.0623. The molecule has 0 unspecified atom stereocenters. The summed E-state index contributed by atoms with van der Waals surface area (Å²) >= 11 is 0. The molecule has 1 fully saturated rings. The van der Waals surface area contributed by atoms with Crippen molar-refractivity contribution in [3.05, 3.63) is 60.1 Å². The maximum absolute atomic E-state index is 12.5. The fourth-order valence-corrected chi connectivity index (χ4v) is 3.51. The van der Waals surface area contributed by atoms with Crippen molar-refractivity contribution < 1.29 is 4.79 Å². The molecule has 4 rings (SSSR count). The molecule has 0 bridgehead atoms. The van der Waals surface area contributed by atoms with Gasteiger partial charge in [-0.25, -0.2) is 9.97 Å². The maximum Gasteiger partial charge on any atom is 0.257 e. The van der Waals surface area contributed by atoms with Gasteiger partial charge in [-0.1, -0.05) is 6.07 Å². The van der Waals surface area contributed by atoms with Crippen LogP contribution in [0, 0.1) is 6.92 Å². The Kier molecular flexibility index (Phi) is 4.28. The standard InChI is InChI=1S/C19H22N6O/c1-14-20-8-11-25(14)18-5-3-4-17(22-18)15-6-9-24(10-7-15)19(26)16-12-21-23(2)13-16/h3-5,8,11-13,15H,6-7,9-10H2,1-2H3. The topological polar surface area (TPSA) is 68.8 Å². The number of likely N-dealkylation sites (tertiary alicyclic amines) is 1. The predicted molar refractivity (Wildman–Crippen MR) is 97.2 cm³/mol. The SMILES string of the molecule is Cc1nccn1-c1cccc(C2CCN(C(=O)c3cnn(C)c3)CC2)n1. The Balaban J connectivity index is 1.45. The second-order valence-corrected chi connectivity index (χ2v) is 6.73. The van der Waals surface area contributed by atoms with Crippen molar-refractivity contribution in [1.29, 1.82) is 0 Å². The zero-order chi connectivity index (χ0) is 18.1. The molecule has 3 aromatic rings. The van der Waals surface area contributed by atoms with E-state index in [1.54, 1.807) is 23.3 Å². The Bertz CT molecular complexity index is 920. The lowest BCUT2D eigenvalue weighted by atomic mass is 9.93. The van der Waals surface area contributed by atoms with Crippen molar-refractivity contribution in [1.82, 2.24) is 29.2 Å². The zero-order valence-corrected chi connectivity index (χ0v) is 15.0. The average Bonchev–Trinajstić information content (AvgIpc) is 3.30. The van der Waals surface area contributed by atoms with Crippen molar-refractivity contribution >= 4 is 5.91 Å². The highest BCUT2D eigenvalue weighted by molar-refractivity contribution is 5.93. The second kappa shape index (κ2) is 6.74. The third-order valence-electron chi connectivity index (χ3n) is 4.98. The Morgan fingerprint density at radius 3 is 2.69 bits per heavy atom. The van der Waals surface area contributed by atoms with Gasteiger partial charge in [0.2, 0.25) is 0 Å². The molecule has 4 heterocycles. The molecule has 0 N–H and O–H groups in total. The van der Waals surface area contributed by atoms with Gasteiger partial charge < -0.3 is 4.90 Å². The van der Waals surface area contributed by atoms with E-state index in [2.05, 4.69) is 16.1 Å². The van der Waals surface area contributed by atoms with Crippen molar-refractivity contribution in [2.75, 3.05) is 13.1 Å². The molecule has 7 nitrogen and oxygen atoms in total. The number of pyridine rings is 1. The molecule has 0 spiro atoms. The van der Waals surface area contributed by atoms with E-state index in [4.69, 9.17) is 4.98 Å². The summed E-state index contributed by atoms with van der Waals surface area (Å²) in [7, 11) is 1.82. The molecular weight excluding hydrogens is 328 g/mol. The Morgan fingerprint density at radius 1 is 1.23 bits per heavy atom. The third-order valence-corrected chi connectivity index (χ3v) is 4.98. The number of rotatable bonds is 3. The lowest BCUT2D eigenvalue weighted by Gasteiger charge is -2.31. The van der Waals surface area contributed by atoms with Crippen LogP contribution in [-0.2, 0) is 7.05 Å². The number of amides is 1. The van der Waals surface area contributed by atoms with E-state index < -0.39 is 0 Å². The first-order chi connectivity index (χ1) is 12.6. The number of aryl methyl sites for hydroxylation is 2. The van der Waals surface area contributed by atoms with Gasteiger partial charge in [0.05, 0.1) is 11.8 Å². The summed E-state index contributed by atoms with van der Waals surface area (Å²) in [5.74, 6) is 2.25. The first-order valence-electron chi connectivity index (χ1n) is 8.87. The molecule has 26 heavy (non-hydrogen) atoms. The molecule has 0 aliphatic carbocycles. The Morgan fingerprint density at radius 2 is 2.04 bits per heavy atom. The van der Waals surface area contributed by atoms with E-state index in [0.29, 0.717) is 11.5 Å². The number of piperidine rings is 1. The van der Waals surface area contributed by atoms with Gasteiger partial charge in [0.25, 0.3) is 5.91 Å². The van der Waals surface area contributed by atoms with Crippen molar-refractivity contribution in [3.8, 4) is 5.82 Å². The quantitative estimate of drug-likeness (QED) is 0.727. The average molecular weight is 350 g/mol. The normalized spacial score (nSPS) is 15.4. The summed E-state index contributed by atoms with van der Waals surface area (Å²) in [6.07, 6.45) is 8.96. The highest BCUT2D eigenvalue weighted by Crippen LogP contribution is 2.28. The summed E-state index contributed by atoms with van der Waals surface area (Å²) in [4.78, 5) is 23.6. The first-order valence-corrected chi connectivity index (χ1v) is 8.87. The van der Waals surface area contributed by atoms with Crippen LogP contribution in [0.25, 0.3) is 5.82 Å². The highest BCUT2D eigenvalue weighted by atomic mass is 16.2. The second-order valence-electron chi connectivity index (χ2n) is 6.73. The van der Waals surface area contributed by atoms with Gasteiger partial charge in [-0.2, -0.15) is 5.10 Å². The van der Waals surface area contributed by atoms with Crippen LogP contribution in [0.2, 0.25) is 0 Å². The molecule has 1 amide bonds. The third kappa shape index (κ3) is 3.12. The van der Waals surface area contributed by atoms with Gasteiger partial charge in [0, 0.05) is 50.3 Å². The molecule has 0 saturated carbocycles. The van der Waals surface area contributed by atoms with E-state index in [-0.39, 0.29) is 5.91 Å². The smallest absolute Gasteiger partial charge is 0.257 e. The van der Waals surface area contributed by atoms with Crippen LogP contribution in [0.4, 0.5) is 0 Å². The molecule has 1 aliphatic rings. The van der Waals surface area contributed by atoms with Gasteiger partial charge in [0.15, 0.2) is 0 Å². The summed E-state index contributed by atoms with van der Waals surface area (Å²) in [5, 5.41) is 4.09. The largest absolute Gasteiger partial charge is 0.339 e. The van der Waals surface area contributed by atoms with E-state index in [9.17, 15) is 4.79 Å². The van der Waals surface area contributed by atoms with Crippen LogP contribution >= 0.6 is 0 Å². The molecule has 0 radical (unpaired) electrons. The number of hydrogen-bond acceptors (Lipinski definition) is 4. The van der Waals surface area contributed by atoms with Gasteiger partial charge in [-0.15, -0.1) is 0 Å². The summed E-state index contributed by atoms with van der Waals surface area (Å²) in [5.41, 5.74) is 1.74. The van der Waals surface area contributed by atoms with E-state index in [0.717, 1.165) is 43.3 Å². The molecule has 0 aromatic carbocycles. The van der Waals surface area contributed by atoms with Crippen molar-refractivity contribution in [2.24, 2.45) is 7.05 Å². The van der Waals surface area contributed by atoms with Gasteiger partial charge in [0.1, 0.15) is 11.6 Å².